The van der Waals surface area contributed by atoms with Gasteiger partial charge in [0, 0.05) is 6.07 Å². The number of alkyl halides is 6. The molecule has 1 heterocycles. The van der Waals surface area contributed by atoms with Crippen LogP contribution in [0.3, 0.4) is 0 Å². The minimum Gasteiger partial charge on any atom is -0.487 e. The molecule has 0 aliphatic rings. The van der Waals surface area contributed by atoms with E-state index in [0.717, 1.165) is 11.1 Å². The SMILES string of the molecule is FC(F)(F)c1cc(OCc2cc(OCc3ccccc3)c(OCc3ccccc3)nn2)cc(C(F)(F)F)c1. The number of rotatable bonds is 9. The molecular weight excluding hydrogens is 514 g/mol. The van der Waals surface area contributed by atoms with Gasteiger partial charge in [0.1, 0.15) is 31.3 Å². The summed E-state index contributed by atoms with van der Waals surface area (Å²) >= 11 is 0. The molecule has 0 saturated heterocycles. The molecule has 0 aliphatic carbocycles. The van der Waals surface area contributed by atoms with Crippen LogP contribution in [-0.4, -0.2) is 10.2 Å². The molecule has 4 aromatic rings. The van der Waals surface area contributed by atoms with Gasteiger partial charge in [-0.25, -0.2) is 0 Å². The standard InChI is InChI=1S/C27H20F6N2O3/c28-26(29,30)20-11-21(27(31,32)33)13-23(12-20)36-17-22-14-24(37-15-18-7-3-1-4-8-18)25(35-34-22)38-16-19-9-5-2-6-10-19/h1-14H,15-17H2. The van der Waals surface area contributed by atoms with Crippen LogP contribution in [0.1, 0.15) is 27.9 Å². The molecule has 0 fully saturated rings. The predicted octanol–water partition coefficient (Wildman–Crippen LogP) is 7.25. The highest BCUT2D eigenvalue weighted by Gasteiger charge is 2.37. The van der Waals surface area contributed by atoms with Crippen molar-refractivity contribution in [1.82, 2.24) is 10.2 Å². The maximum Gasteiger partial charge on any atom is 0.416 e. The zero-order valence-corrected chi connectivity index (χ0v) is 19.6. The second-order valence-corrected chi connectivity index (χ2v) is 8.08. The first-order chi connectivity index (χ1) is 18.1. The summed E-state index contributed by atoms with van der Waals surface area (Å²) in [5.41, 5.74) is -1.15. The molecule has 0 amide bonds. The van der Waals surface area contributed by atoms with Crippen molar-refractivity contribution in [2.45, 2.75) is 32.2 Å². The van der Waals surface area contributed by atoms with Crippen LogP contribution in [0.5, 0.6) is 17.4 Å². The van der Waals surface area contributed by atoms with Crippen molar-refractivity contribution in [2.24, 2.45) is 0 Å². The summed E-state index contributed by atoms with van der Waals surface area (Å²) in [7, 11) is 0. The summed E-state index contributed by atoms with van der Waals surface area (Å²) in [5, 5.41) is 7.93. The number of ether oxygens (including phenoxy) is 3. The molecule has 0 unspecified atom stereocenters. The fourth-order valence-corrected chi connectivity index (χ4v) is 3.30. The van der Waals surface area contributed by atoms with E-state index in [4.69, 9.17) is 14.2 Å². The first kappa shape index (κ1) is 26.8. The minimum absolute atomic E-state index is 0.0288. The normalized spacial score (nSPS) is 11.7. The van der Waals surface area contributed by atoms with Crippen molar-refractivity contribution >= 4 is 0 Å². The van der Waals surface area contributed by atoms with Crippen molar-refractivity contribution in [3.8, 4) is 17.4 Å². The molecule has 38 heavy (non-hydrogen) atoms. The van der Waals surface area contributed by atoms with Crippen LogP contribution in [0.2, 0.25) is 0 Å². The Hall–Kier alpha value is -4.28. The Balaban J connectivity index is 1.55. The van der Waals surface area contributed by atoms with Gasteiger partial charge in [-0.1, -0.05) is 60.7 Å². The average molecular weight is 534 g/mol. The Bertz CT molecular complexity index is 1310. The quantitative estimate of drug-likeness (QED) is 0.212. The van der Waals surface area contributed by atoms with Gasteiger partial charge in [0.2, 0.25) is 0 Å². The lowest BCUT2D eigenvalue weighted by Crippen LogP contribution is -2.12. The van der Waals surface area contributed by atoms with Crippen molar-refractivity contribution in [3.05, 3.63) is 113 Å². The molecule has 1 aromatic heterocycles. The van der Waals surface area contributed by atoms with E-state index < -0.39 is 35.8 Å². The Morgan fingerprint density at radius 1 is 0.553 bits per heavy atom. The molecule has 3 aromatic carbocycles. The minimum atomic E-state index is -4.99. The highest BCUT2D eigenvalue weighted by Crippen LogP contribution is 2.38. The number of nitrogens with zero attached hydrogens (tertiary/aromatic N) is 2. The van der Waals surface area contributed by atoms with Crippen LogP contribution < -0.4 is 14.2 Å². The Kier molecular flexibility index (Phi) is 8.04. The Labute approximate surface area is 213 Å². The lowest BCUT2D eigenvalue weighted by Gasteiger charge is -2.15. The van der Waals surface area contributed by atoms with Crippen LogP contribution in [0.15, 0.2) is 84.9 Å². The fraction of sp³-hybridized carbons (Fsp3) is 0.185. The molecule has 0 aliphatic heterocycles. The second kappa shape index (κ2) is 11.4. The van der Waals surface area contributed by atoms with Gasteiger partial charge in [0.25, 0.3) is 5.88 Å². The van der Waals surface area contributed by atoms with Gasteiger partial charge in [0.05, 0.1) is 11.1 Å². The highest BCUT2D eigenvalue weighted by molar-refractivity contribution is 5.38. The van der Waals surface area contributed by atoms with Crippen LogP contribution in [0.25, 0.3) is 0 Å². The first-order valence-corrected chi connectivity index (χ1v) is 11.2. The van der Waals surface area contributed by atoms with Crippen LogP contribution in [0.4, 0.5) is 26.3 Å². The van der Waals surface area contributed by atoms with Crippen LogP contribution in [-0.2, 0) is 32.2 Å². The lowest BCUT2D eigenvalue weighted by molar-refractivity contribution is -0.143. The number of aromatic nitrogens is 2. The molecule has 11 heteroatoms. The van der Waals surface area contributed by atoms with Crippen molar-refractivity contribution < 1.29 is 40.6 Å². The van der Waals surface area contributed by atoms with Gasteiger partial charge in [-0.3, -0.25) is 0 Å². The van der Waals surface area contributed by atoms with Crippen LogP contribution in [0, 0.1) is 0 Å². The summed E-state index contributed by atoms with van der Waals surface area (Å²) in [4.78, 5) is 0. The zero-order chi connectivity index (χ0) is 27.2. The smallest absolute Gasteiger partial charge is 0.416 e. The summed E-state index contributed by atoms with van der Waals surface area (Å²) < 4.78 is 95.7. The number of halogens is 6. The Morgan fingerprint density at radius 3 is 1.61 bits per heavy atom. The molecule has 198 valence electrons. The summed E-state index contributed by atoms with van der Waals surface area (Å²) in [6.45, 7) is -0.152. The fourth-order valence-electron chi connectivity index (χ4n) is 3.30. The van der Waals surface area contributed by atoms with E-state index in [9.17, 15) is 26.3 Å². The van der Waals surface area contributed by atoms with E-state index in [2.05, 4.69) is 10.2 Å². The van der Waals surface area contributed by atoms with E-state index in [1.807, 2.05) is 60.7 Å². The van der Waals surface area contributed by atoms with E-state index in [0.29, 0.717) is 12.1 Å². The topological polar surface area (TPSA) is 53.5 Å². The van der Waals surface area contributed by atoms with Crippen molar-refractivity contribution in [1.29, 1.82) is 0 Å². The van der Waals surface area contributed by atoms with Gasteiger partial charge in [-0.2, -0.15) is 26.3 Å². The third kappa shape index (κ3) is 7.37. The van der Waals surface area contributed by atoms with Crippen molar-refractivity contribution in [2.75, 3.05) is 0 Å². The van der Waals surface area contributed by atoms with E-state index in [1.165, 1.54) is 6.07 Å². The Morgan fingerprint density at radius 2 is 1.08 bits per heavy atom. The van der Waals surface area contributed by atoms with Gasteiger partial charge in [0.15, 0.2) is 5.75 Å². The monoisotopic (exact) mass is 534 g/mol. The van der Waals surface area contributed by atoms with E-state index in [1.54, 1.807) is 0 Å². The molecular formula is C27H20F6N2O3. The van der Waals surface area contributed by atoms with E-state index >= 15 is 0 Å². The summed E-state index contributed by atoms with van der Waals surface area (Å²) in [6.07, 6.45) is -9.98. The summed E-state index contributed by atoms with van der Waals surface area (Å²) in [5.74, 6) is -0.379. The van der Waals surface area contributed by atoms with Gasteiger partial charge in [-0.15, -0.1) is 10.2 Å². The van der Waals surface area contributed by atoms with Gasteiger partial charge < -0.3 is 14.2 Å². The second-order valence-electron chi connectivity index (χ2n) is 8.08. The first-order valence-electron chi connectivity index (χ1n) is 11.2. The zero-order valence-electron chi connectivity index (χ0n) is 19.6. The molecule has 0 saturated carbocycles. The number of hydrogen-bond acceptors (Lipinski definition) is 5. The number of hydrogen-bond donors (Lipinski definition) is 0. The summed E-state index contributed by atoms with van der Waals surface area (Å²) in [6, 6.07) is 20.9. The predicted molar refractivity (Wildman–Crippen MR) is 124 cm³/mol. The molecule has 0 N–H and O–H groups in total. The van der Waals surface area contributed by atoms with E-state index in [-0.39, 0.29) is 36.6 Å². The largest absolute Gasteiger partial charge is 0.487 e. The van der Waals surface area contributed by atoms with Gasteiger partial charge in [-0.05, 0) is 29.3 Å². The van der Waals surface area contributed by atoms with Crippen LogP contribution >= 0.6 is 0 Å². The average Bonchev–Trinajstić information content (AvgIpc) is 2.90. The third-order valence-electron chi connectivity index (χ3n) is 5.18. The van der Waals surface area contributed by atoms with Gasteiger partial charge >= 0.3 is 12.4 Å². The molecule has 5 nitrogen and oxygen atoms in total. The third-order valence-corrected chi connectivity index (χ3v) is 5.18. The molecule has 0 spiro atoms. The maximum atomic E-state index is 13.1. The highest BCUT2D eigenvalue weighted by atomic mass is 19.4. The lowest BCUT2D eigenvalue weighted by atomic mass is 10.1. The molecule has 0 atom stereocenters. The maximum absolute atomic E-state index is 13.1. The molecule has 0 bridgehead atoms. The number of benzene rings is 3. The van der Waals surface area contributed by atoms with Crippen molar-refractivity contribution in [3.63, 3.8) is 0 Å². The molecule has 0 radical (unpaired) electrons. The molecule has 4 rings (SSSR count).